The van der Waals surface area contributed by atoms with Crippen molar-refractivity contribution in [2.75, 3.05) is 12.4 Å². The van der Waals surface area contributed by atoms with E-state index in [0.717, 1.165) is 11.3 Å². The minimum absolute atomic E-state index is 0.249. The van der Waals surface area contributed by atoms with Gasteiger partial charge in [0.2, 0.25) is 0 Å². The highest BCUT2D eigenvalue weighted by Crippen LogP contribution is 2.18. The second-order valence-electron chi connectivity index (χ2n) is 4.49. The van der Waals surface area contributed by atoms with E-state index in [4.69, 9.17) is 4.74 Å². The molecule has 0 fully saturated rings. The van der Waals surface area contributed by atoms with Gasteiger partial charge in [0.25, 0.3) is 0 Å². The molecule has 0 amide bonds. The zero-order valence-electron chi connectivity index (χ0n) is 11.7. The monoisotopic (exact) mass is 273 g/mol. The highest BCUT2D eigenvalue weighted by Gasteiger charge is 2.17. The topological polar surface area (TPSA) is 56.2 Å². The zero-order chi connectivity index (χ0) is 14.4. The van der Waals surface area contributed by atoms with E-state index in [1.807, 2.05) is 48.1 Å². The van der Waals surface area contributed by atoms with Crippen LogP contribution in [-0.4, -0.2) is 28.9 Å². The van der Waals surface area contributed by atoms with Crippen LogP contribution >= 0.6 is 0 Å². The Kier molecular flexibility index (Phi) is 4.76. The molecule has 0 bridgehead atoms. The number of rotatable bonds is 6. The molecule has 1 aromatic carbocycles. The van der Waals surface area contributed by atoms with Crippen LogP contribution in [0.5, 0.6) is 0 Å². The lowest BCUT2D eigenvalue weighted by molar-refractivity contribution is -0.141. The quantitative estimate of drug-likeness (QED) is 0.820. The summed E-state index contributed by atoms with van der Waals surface area (Å²) in [7, 11) is 1.41. The highest BCUT2D eigenvalue weighted by atomic mass is 16.5. The number of aromatic nitrogens is 2. The van der Waals surface area contributed by atoms with Crippen LogP contribution in [-0.2, 0) is 16.1 Å². The van der Waals surface area contributed by atoms with Gasteiger partial charge in [0.05, 0.1) is 13.7 Å². The fourth-order valence-corrected chi connectivity index (χ4v) is 2.03. The van der Waals surface area contributed by atoms with Crippen LogP contribution in [0.3, 0.4) is 0 Å². The molecule has 0 aliphatic heterocycles. The molecule has 2 rings (SSSR count). The average molecular weight is 273 g/mol. The van der Waals surface area contributed by atoms with E-state index >= 15 is 0 Å². The Bertz CT molecular complexity index is 552. The number of carbonyl (C=O) groups excluding carboxylic acids is 1. The smallest absolute Gasteiger partial charge is 0.328 e. The van der Waals surface area contributed by atoms with Gasteiger partial charge < -0.3 is 10.1 Å². The summed E-state index contributed by atoms with van der Waals surface area (Å²) >= 11 is 0. The molecule has 1 N–H and O–H groups in total. The van der Waals surface area contributed by atoms with Crippen molar-refractivity contribution in [2.45, 2.75) is 25.9 Å². The first-order valence-corrected chi connectivity index (χ1v) is 6.64. The largest absolute Gasteiger partial charge is 0.467 e. The van der Waals surface area contributed by atoms with Gasteiger partial charge in [-0.25, -0.2) is 4.79 Å². The summed E-state index contributed by atoms with van der Waals surface area (Å²) in [6, 6.07) is 9.46. The van der Waals surface area contributed by atoms with Gasteiger partial charge in [-0.1, -0.05) is 25.1 Å². The van der Waals surface area contributed by atoms with E-state index in [-0.39, 0.29) is 12.0 Å². The molecule has 2 aromatic rings. The lowest BCUT2D eigenvalue weighted by atomic mass is 10.1. The number of methoxy groups -OCH3 is 1. The van der Waals surface area contributed by atoms with Gasteiger partial charge in [-0.2, -0.15) is 5.10 Å². The number of anilines is 1. The summed E-state index contributed by atoms with van der Waals surface area (Å²) in [6.07, 6.45) is 4.33. The number of benzene rings is 1. The average Bonchev–Trinajstić information content (AvgIpc) is 2.98. The van der Waals surface area contributed by atoms with Crippen molar-refractivity contribution < 1.29 is 9.53 Å². The molecule has 0 radical (unpaired) electrons. The van der Waals surface area contributed by atoms with Gasteiger partial charge in [-0.3, -0.25) is 4.68 Å². The van der Waals surface area contributed by atoms with E-state index in [0.29, 0.717) is 13.0 Å². The summed E-state index contributed by atoms with van der Waals surface area (Å²) in [6.45, 7) is 2.61. The molecule has 1 aromatic heterocycles. The molecule has 1 heterocycles. The van der Waals surface area contributed by atoms with Crippen LogP contribution in [0.15, 0.2) is 42.7 Å². The normalized spacial score (nSPS) is 11.9. The summed E-state index contributed by atoms with van der Waals surface area (Å²) in [5.74, 6) is -0.249. The van der Waals surface area contributed by atoms with Gasteiger partial charge in [-0.05, 0) is 24.1 Å². The van der Waals surface area contributed by atoms with Crippen LogP contribution in [0.1, 0.15) is 18.9 Å². The number of hydrogen-bond donors (Lipinski definition) is 1. The molecule has 1 atom stereocenters. The van der Waals surface area contributed by atoms with Crippen LogP contribution in [0.2, 0.25) is 0 Å². The maximum atomic E-state index is 11.7. The second-order valence-corrected chi connectivity index (χ2v) is 4.49. The predicted octanol–water partition coefficient (Wildman–Crippen LogP) is 2.29. The lowest BCUT2D eigenvalue weighted by Crippen LogP contribution is -2.30. The van der Waals surface area contributed by atoms with E-state index in [9.17, 15) is 4.79 Å². The highest BCUT2D eigenvalue weighted by molar-refractivity contribution is 5.79. The second kappa shape index (κ2) is 6.75. The Morgan fingerprint density at radius 3 is 2.85 bits per heavy atom. The van der Waals surface area contributed by atoms with Crippen LogP contribution < -0.4 is 5.32 Å². The van der Waals surface area contributed by atoms with Crippen LogP contribution in [0.4, 0.5) is 5.69 Å². The molecule has 106 valence electrons. The van der Waals surface area contributed by atoms with Gasteiger partial charge >= 0.3 is 5.97 Å². The number of ether oxygens (including phenoxy) is 1. The first-order chi connectivity index (χ1) is 9.74. The number of para-hydroxylation sites is 1. The Hall–Kier alpha value is -2.30. The Balaban J connectivity index is 2.17. The van der Waals surface area contributed by atoms with Crippen molar-refractivity contribution in [1.29, 1.82) is 0 Å². The minimum Gasteiger partial charge on any atom is -0.467 e. The van der Waals surface area contributed by atoms with Crippen LogP contribution in [0.25, 0.3) is 0 Å². The van der Waals surface area contributed by atoms with Crippen molar-refractivity contribution >= 4 is 11.7 Å². The third-order valence-corrected chi connectivity index (χ3v) is 3.13. The van der Waals surface area contributed by atoms with E-state index in [1.165, 1.54) is 7.11 Å². The van der Waals surface area contributed by atoms with Gasteiger partial charge in [0, 0.05) is 18.1 Å². The Morgan fingerprint density at radius 1 is 1.40 bits per heavy atom. The van der Waals surface area contributed by atoms with Crippen molar-refractivity contribution in [2.24, 2.45) is 0 Å². The van der Waals surface area contributed by atoms with E-state index in [1.54, 1.807) is 6.20 Å². The molecule has 20 heavy (non-hydrogen) atoms. The fraction of sp³-hybridized carbons (Fsp3) is 0.333. The number of nitrogens with one attached hydrogen (secondary N) is 1. The van der Waals surface area contributed by atoms with E-state index in [2.05, 4.69) is 10.4 Å². The van der Waals surface area contributed by atoms with Crippen molar-refractivity contribution in [3.05, 3.63) is 48.3 Å². The molecule has 1 unspecified atom stereocenters. The number of carbonyl (C=O) groups is 1. The summed E-state index contributed by atoms with van der Waals surface area (Å²) in [5.41, 5.74) is 2.01. The molecular weight excluding hydrogens is 254 g/mol. The van der Waals surface area contributed by atoms with Crippen molar-refractivity contribution in [3.8, 4) is 0 Å². The lowest BCUT2D eigenvalue weighted by Gasteiger charge is -2.18. The SMILES string of the molecule is CCC(Nc1ccccc1Cn1cccn1)C(=O)OC. The summed E-state index contributed by atoms with van der Waals surface area (Å²) in [5, 5.41) is 7.45. The summed E-state index contributed by atoms with van der Waals surface area (Å²) in [4.78, 5) is 11.7. The number of esters is 1. The molecule has 0 saturated heterocycles. The molecule has 0 saturated carbocycles. The number of hydrogen-bond acceptors (Lipinski definition) is 4. The molecule has 0 aliphatic carbocycles. The molecular formula is C15H19N3O2. The third-order valence-electron chi connectivity index (χ3n) is 3.13. The zero-order valence-corrected chi connectivity index (χ0v) is 11.7. The molecule has 0 spiro atoms. The number of nitrogens with zero attached hydrogens (tertiary/aromatic N) is 2. The van der Waals surface area contributed by atoms with Gasteiger partial charge in [0.15, 0.2) is 0 Å². The van der Waals surface area contributed by atoms with E-state index < -0.39 is 0 Å². The summed E-state index contributed by atoms with van der Waals surface area (Å²) < 4.78 is 6.65. The van der Waals surface area contributed by atoms with Crippen molar-refractivity contribution in [3.63, 3.8) is 0 Å². The van der Waals surface area contributed by atoms with Gasteiger partial charge in [-0.15, -0.1) is 0 Å². The molecule has 5 nitrogen and oxygen atoms in total. The van der Waals surface area contributed by atoms with Gasteiger partial charge in [0.1, 0.15) is 6.04 Å². The maximum absolute atomic E-state index is 11.7. The Labute approximate surface area is 118 Å². The predicted molar refractivity (Wildman–Crippen MR) is 77.5 cm³/mol. The minimum atomic E-state index is -0.334. The Morgan fingerprint density at radius 2 is 2.20 bits per heavy atom. The first kappa shape index (κ1) is 14.1. The first-order valence-electron chi connectivity index (χ1n) is 6.64. The third kappa shape index (κ3) is 3.38. The van der Waals surface area contributed by atoms with Crippen molar-refractivity contribution in [1.82, 2.24) is 9.78 Å². The fourth-order valence-electron chi connectivity index (χ4n) is 2.03. The maximum Gasteiger partial charge on any atom is 0.328 e. The standard InChI is InChI=1S/C15H19N3O2/c1-3-13(15(19)20-2)17-14-8-5-4-7-12(14)11-18-10-6-9-16-18/h4-10,13,17H,3,11H2,1-2H3. The molecule has 5 heteroatoms. The van der Waals surface area contributed by atoms with Crippen LogP contribution in [0, 0.1) is 0 Å². The molecule has 0 aliphatic rings.